The molecular formula is C16H18O3. The molecule has 1 heterocycles. The Kier molecular flexibility index (Phi) is 3.65. The first-order valence-corrected chi connectivity index (χ1v) is 6.86. The molecule has 0 amide bonds. The van der Waals surface area contributed by atoms with Crippen LogP contribution in [0.1, 0.15) is 24.8 Å². The Labute approximate surface area is 113 Å². The summed E-state index contributed by atoms with van der Waals surface area (Å²) in [5, 5.41) is 0. The molecule has 0 bridgehead atoms. The number of fused-ring (bicyclic) bond motifs is 1. The molecule has 3 atom stereocenters. The number of carbonyl (C=O) groups is 1. The van der Waals surface area contributed by atoms with Gasteiger partial charge in [-0.1, -0.05) is 36.4 Å². The maximum Gasteiger partial charge on any atom is 0.309 e. The molecule has 1 aliphatic carbocycles. The number of ether oxygens (including phenoxy) is 2. The summed E-state index contributed by atoms with van der Waals surface area (Å²) >= 11 is 0. The lowest BCUT2D eigenvalue weighted by atomic mass is 9.89. The van der Waals surface area contributed by atoms with Gasteiger partial charge in [0.1, 0.15) is 6.61 Å². The second-order valence-electron chi connectivity index (χ2n) is 5.17. The summed E-state index contributed by atoms with van der Waals surface area (Å²) in [6.07, 6.45) is 7.35. The number of rotatable bonds is 4. The average Bonchev–Trinajstić information content (AvgIpc) is 3.23. The van der Waals surface area contributed by atoms with E-state index in [1.807, 2.05) is 42.5 Å². The van der Waals surface area contributed by atoms with Crippen LogP contribution in [0.3, 0.4) is 0 Å². The predicted molar refractivity (Wildman–Crippen MR) is 72.4 cm³/mol. The van der Waals surface area contributed by atoms with Crippen molar-refractivity contribution in [3.8, 4) is 0 Å². The van der Waals surface area contributed by atoms with E-state index in [4.69, 9.17) is 9.47 Å². The van der Waals surface area contributed by atoms with Crippen molar-refractivity contribution < 1.29 is 14.3 Å². The van der Waals surface area contributed by atoms with E-state index >= 15 is 0 Å². The van der Waals surface area contributed by atoms with Gasteiger partial charge in [-0.15, -0.1) is 0 Å². The van der Waals surface area contributed by atoms with Gasteiger partial charge >= 0.3 is 5.97 Å². The summed E-state index contributed by atoms with van der Waals surface area (Å²) < 4.78 is 10.7. The SMILES string of the molecule is O=C(OCC=Cc1ccccc1)C1CCC2OC2C1. The molecule has 3 nitrogen and oxygen atoms in total. The number of epoxide rings is 1. The molecular weight excluding hydrogens is 240 g/mol. The highest BCUT2D eigenvalue weighted by Crippen LogP contribution is 2.39. The molecule has 3 unspecified atom stereocenters. The molecule has 3 heteroatoms. The lowest BCUT2D eigenvalue weighted by molar-refractivity contribution is -0.148. The zero-order valence-corrected chi connectivity index (χ0v) is 10.8. The van der Waals surface area contributed by atoms with E-state index in [0.717, 1.165) is 24.8 Å². The van der Waals surface area contributed by atoms with Gasteiger partial charge in [0, 0.05) is 0 Å². The van der Waals surface area contributed by atoms with Crippen LogP contribution in [0.25, 0.3) is 6.08 Å². The predicted octanol–water partition coefficient (Wildman–Crippen LogP) is 2.81. The molecule has 0 spiro atoms. The zero-order chi connectivity index (χ0) is 13.1. The minimum Gasteiger partial charge on any atom is -0.461 e. The van der Waals surface area contributed by atoms with E-state index in [2.05, 4.69) is 0 Å². The highest BCUT2D eigenvalue weighted by molar-refractivity contribution is 5.73. The summed E-state index contributed by atoms with van der Waals surface area (Å²) in [7, 11) is 0. The quantitative estimate of drug-likeness (QED) is 0.615. The fourth-order valence-electron chi connectivity index (χ4n) is 2.61. The standard InChI is InChI=1S/C16H18O3/c17-16(13-8-9-14-15(11-13)19-14)18-10-4-7-12-5-2-1-3-6-12/h1-7,13-15H,8-11H2. The van der Waals surface area contributed by atoms with Gasteiger partial charge in [0.2, 0.25) is 0 Å². The number of hydrogen-bond acceptors (Lipinski definition) is 3. The van der Waals surface area contributed by atoms with Gasteiger partial charge in [0.15, 0.2) is 0 Å². The summed E-state index contributed by atoms with van der Waals surface area (Å²) in [6, 6.07) is 9.99. The third kappa shape index (κ3) is 3.24. The summed E-state index contributed by atoms with van der Waals surface area (Å²) in [6.45, 7) is 0.346. The molecule has 1 aliphatic heterocycles. The maximum absolute atomic E-state index is 11.9. The van der Waals surface area contributed by atoms with E-state index in [0.29, 0.717) is 18.8 Å². The van der Waals surface area contributed by atoms with Gasteiger partial charge in [-0.25, -0.2) is 0 Å². The lowest BCUT2D eigenvalue weighted by Gasteiger charge is -2.16. The van der Waals surface area contributed by atoms with Crippen molar-refractivity contribution >= 4 is 12.0 Å². The van der Waals surface area contributed by atoms with E-state index < -0.39 is 0 Å². The molecule has 1 aromatic carbocycles. The second-order valence-corrected chi connectivity index (χ2v) is 5.17. The first-order chi connectivity index (χ1) is 9.33. The molecule has 19 heavy (non-hydrogen) atoms. The van der Waals surface area contributed by atoms with Crippen molar-refractivity contribution in [1.29, 1.82) is 0 Å². The van der Waals surface area contributed by atoms with Crippen LogP contribution in [0.2, 0.25) is 0 Å². The normalized spacial score (nSPS) is 28.9. The maximum atomic E-state index is 11.9. The summed E-state index contributed by atoms with van der Waals surface area (Å²) in [5.74, 6) is -0.0412. The highest BCUT2D eigenvalue weighted by atomic mass is 16.6. The molecule has 1 saturated carbocycles. The van der Waals surface area contributed by atoms with Crippen molar-refractivity contribution in [2.24, 2.45) is 5.92 Å². The molecule has 100 valence electrons. The van der Waals surface area contributed by atoms with E-state index in [9.17, 15) is 4.79 Å². The van der Waals surface area contributed by atoms with Crippen molar-refractivity contribution in [1.82, 2.24) is 0 Å². The van der Waals surface area contributed by atoms with Crippen molar-refractivity contribution in [2.45, 2.75) is 31.5 Å². The molecule has 0 N–H and O–H groups in total. The van der Waals surface area contributed by atoms with Gasteiger partial charge < -0.3 is 9.47 Å². The Morgan fingerprint density at radius 2 is 2.11 bits per heavy atom. The van der Waals surface area contributed by atoms with Gasteiger partial charge in [0.25, 0.3) is 0 Å². The van der Waals surface area contributed by atoms with E-state index in [-0.39, 0.29) is 11.9 Å². The smallest absolute Gasteiger partial charge is 0.309 e. The van der Waals surface area contributed by atoms with Crippen molar-refractivity contribution in [3.05, 3.63) is 42.0 Å². The van der Waals surface area contributed by atoms with Gasteiger partial charge in [0.05, 0.1) is 18.1 Å². The van der Waals surface area contributed by atoms with Crippen molar-refractivity contribution in [2.75, 3.05) is 6.61 Å². The highest BCUT2D eigenvalue weighted by Gasteiger charge is 2.46. The van der Waals surface area contributed by atoms with Gasteiger partial charge in [-0.05, 0) is 30.9 Å². The molecule has 0 radical (unpaired) electrons. The first kappa shape index (κ1) is 12.4. The van der Waals surface area contributed by atoms with Crippen LogP contribution < -0.4 is 0 Å². The van der Waals surface area contributed by atoms with Crippen LogP contribution in [-0.2, 0) is 14.3 Å². The minimum atomic E-state index is -0.0772. The fourth-order valence-corrected chi connectivity index (χ4v) is 2.61. The van der Waals surface area contributed by atoms with Gasteiger partial charge in [-0.3, -0.25) is 4.79 Å². The van der Waals surface area contributed by atoms with Crippen LogP contribution in [0.15, 0.2) is 36.4 Å². The Bertz CT molecular complexity index is 466. The van der Waals surface area contributed by atoms with Crippen LogP contribution in [0, 0.1) is 5.92 Å². The topological polar surface area (TPSA) is 38.8 Å². The Balaban J connectivity index is 1.42. The number of carbonyl (C=O) groups excluding carboxylic acids is 1. The van der Waals surface area contributed by atoms with Crippen molar-refractivity contribution in [3.63, 3.8) is 0 Å². The van der Waals surface area contributed by atoms with Crippen LogP contribution >= 0.6 is 0 Å². The first-order valence-electron chi connectivity index (χ1n) is 6.86. The Morgan fingerprint density at radius 1 is 1.26 bits per heavy atom. The largest absolute Gasteiger partial charge is 0.461 e. The third-order valence-corrected chi connectivity index (χ3v) is 3.77. The van der Waals surface area contributed by atoms with Crippen LogP contribution in [0.4, 0.5) is 0 Å². The van der Waals surface area contributed by atoms with Crippen LogP contribution in [0.5, 0.6) is 0 Å². The molecule has 2 aliphatic rings. The van der Waals surface area contributed by atoms with Gasteiger partial charge in [-0.2, -0.15) is 0 Å². The third-order valence-electron chi connectivity index (χ3n) is 3.77. The summed E-state index contributed by atoms with van der Waals surface area (Å²) in [5.41, 5.74) is 1.12. The molecule has 1 saturated heterocycles. The minimum absolute atomic E-state index is 0.0360. The second kappa shape index (κ2) is 5.57. The number of benzene rings is 1. The lowest BCUT2D eigenvalue weighted by Crippen LogP contribution is -2.23. The Hall–Kier alpha value is -1.61. The number of hydrogen-bond donors (Lipinski definition) is 0. The molecule has 2 fully saturated rings. The molecule has 3 rings (SSSR count). The number of esters is 1. The Morgan fingerprint density at radius 3 is 2.89 bits per heavy atom. The summed E-state index contributed by atoms with van der Waals surface area (Å²) in [4.78, 5) is 11.9. The molecule has 1 aromatic rings. The zero-order valence-electron chi connectivity index (χ0n) is 10.8. The fraction of sp³-hybridized carbons (Fsp3) is 0.438. The average molecular weight is 258 g/mol. The van der Waals surface area contributed by atoms with E-state index in [1.54, 1.807) is 0 Å². The van der Waals surface area contributed by atoms with Crippen LogP contribution in [-0.4, -0.2) is 24.8 Å². The van der Waals surface area contributed by atoms with E-state index in [1.165, 1.54) is 0 Å². The molecule has 0 aromatic heterocycles. The monoisotopic (exact) mass is 258 g/mol.